The molecular weight excluding hydrogens is 499 g/mol. The highest BCUT2D eigenvalue weighted by molar-refractivity contribution is 7.80. The zero-order valence-electron chi connectivity index (χ0n) is 21.5. The van der Waals surface area contributed by atoms with Gasteiger partial charge in [0.2, 0.25) is 5.91 Å². The van der Waals surface area contributed by atoms with Crippen LogP contribution in [0.5, 0.6) is 0 Å². The second kappa shape index (κ2) is 10.7. The predicted molar refractivity (Wildman–Crippen MR) is 150 cm³/mol. The van der Waals surface area contributed by atoms with Crippen molar-refractivity contribution in [2.45, 2.75) is 39.3 Å². The Morgan fingerprint density at radius 3 is 2.58 bits per heavy atom. The molecule has 38 heavy (non-hydrogen) atoms. The lowest BCUT2D eigenvalue weighted by Gasteiger charge is -2.28. The first-order chi connectivity index (χ1) is 18.3. The number of para-hydroxylation sites is 1. The van der Waals surface area contributed by atoms with Crippen LogP contribution in [-0.4, -0.2) is 37.0 Å². The van der Waals surface area contributed by atoms with E-state index in [1.807, 2.05) is 42.3 Å². The van der Waals surface area contributed by atoms with Crippen LogP contribution in [0.15, 0.2) is 73.1 Å². The summed E-state index contributed by atoms with van der Waals surface area (Å²) in [6, 6.07) is 17.7. The lowest BCUT2D eigenvalue weighted by molar-refractivity contribution is -0.116. The number of carbonyl (C=O) groups excluding carboxylic acids is 1. The maximum Gasteiger partial charge on any atom is 0.226 e. The van der Waals surface area contributed by atoms with E-state index in [2.05, 4.69) is 51.1 Å². The fourth-order valence-corrected chi connectivity index (χ4v) is 5.40. The summed E-state index contributed by atoms with van der Waals surface area (Å²) in [5.41, 5.74) is 5.31. The Hall–Kier alpha value is -4.11. The monoisotopic (exact) mass is 528 g/mol. The molecule has 0 saturated carbocycles. The van der Waals surface area contributed by atoms with Gasteiger partial charge >= 0.3 is 0 Å². The first-order valence-corrected chi connectivity index (χ1v) is 12.9. The number of aryl methyl sites for hydroxylation is 2. The topological polar surface area (TPSA) is 75.1 Å². The molecule has 5 rings (SSSR count). The molecule has 1 amide bonds. The van der Waals surface area contributed by atoms with Gasteiger partial charge in [0.15, 0.2) is 5.11 Å². The van der Waals surface area contributed by atoms with Crippen molar-refractivity contribution in [2.75, 3.05) is 11.9 Å². The van der Waals surface area contributed by atoms with E-state index in [1.165, 1.54) is 6.07 Å². The minimum Gasteiger partial charge on any atom is -0.352 e. The molecule has 1 saturated heterocycles. The molecule has 4 heterocycles. The number of rotatable bonds is 7. The van der Waals surface area contributed by atoms with Crippen LogP contribution in [0.1, 0.15) is 46.7 Å². The molecule has 194 valence electrons. The SMILES string of the molecule is Cc1ccnc(-n2c(C)cc([C@H]3[C@@H](c4ccccn4)NC(=S)N3CCC(=O)Nc3ccccc3F)c2C)c1. The second-order valence-electron chi connectivity index (χ2n) is 9.45. The zero-order chi connectivity index (χ0) is 26.8. The van der Waals surface area contributed by atoms with Crippen LogP contribution < -0.4 is 10.6 Å². The van der Waals surface area contributed by atoms with E-state index in [1.54, 1.807) is 24.4 Å². The number of anilines is 1. The van der Waals surface area contributed by atoms with Crippen molar-refractivity contribution in [1.82, 2.24) is 24.8 Å². The van der Waals surface area contributed by atoms with Crippen molar-refractivity contribution in [3.8, 4) is 5.82 Å². The number of hydrogen-bond donors (Lipinski definition) is 2. The van der Waals surface area contributed by atoms with Gasteiger partial charge in [0.05, 0.1) is 23.5 Å². The highest BCUT2D eigenvalue weighted by Gasteiger charge is 2.41. The Bertz CT molecular complexity index is 1490. The van der Waals surface area contributed by atoms with Gasteiger partial charge in [-0.2, -0.15) is 0 Å². The normalized spacial score (nSPS) is 16.9. The van der Waals surface area contributed by atoms with Gasteiger partial charge in [-0.15, -0.1) is 0 Å². The standard InChI is InChI=1S/C29H29FN6OS/c1-18-11-14-32-25(16-18)36-19(2)17-21(20(36)3)28-27(24-10-6-7-13-31-24)34-29(38)35(28)15-12-26(37)33-23-9-5-4-8-22(23)30/h4-11,13-14,16-17,27-28H,12,15H2,1-3H3,(H,33,37)(H,34,38)/t27-,28+/m1/s1. The largest absolute Gasteiger partial charge is 0.352 e. The van der Waals surface area contributed by atoms with E-state index >= 15 is 0 Å². The van der Waals surface area contributed by atoms with E-state index in [-0.39, 0.29) is 30.1 Å². The number of benzene rings is 1. The quantitative estimate of drug-likeness (QED) is 0.316. The van der Waals surface area contributed by atoms with Crippen molar-refractivity contribution < 1.29 is 9.18 Å². The molecule has 1 fully saturated rings. The molecule has 7 nitrogen and oxygen atoms in total. The molecule has 9 heteroatoms. The molecule has 0 radical (unpaired) electrons. The Balaban J connectivity index is 1.48. The van der Waals surface area contributed by atoms with E-state index in [0.717, 1.165) is 34.0 Å². The van der Waals surface area contributed by atoms with Crippen LogP contribution in [0.4, 0.5) is 10.1 Å². The van der Waals surface area contributed by atoms with Gasteiger partial charge < -0.3 is 20.1 Å². The number of carbonyl (C=O) groups is 1. The molecule has 1 aliphatic rings. The van der Waals surface area contributed by atoms with E-state index in [9.17, 15) is 9.18 Å². The summed E-state index contributed by atoms with van der Waals surface area (Å²) in [7, 11) is 0. The van der Waals surface area contributed by atoms with Gasteiger partial charge in [-0.05, 0) is 86.6 Å². The van der Waals surface area contributed by atoms with Gasteiger partial charge in [0, 0.05) is 36.7 Å². The van der Waals surface area contributed by atoms with Gasteiger partial charge in [-0.1, -0.05) is 18.2 Å². The first kappa shape index (κ1) is 25.5. The Morgan fingerprint density at radius 1 is 1.05 bits per heavy atom. The number of halogens is 1. The highest BCUT2D eigenvalue weighted by Crippen LogP contribution is 2.41. The van der Waals surface area contributed by atoms with E-state index < -0.39 is 5.82 Å². The summed E-state index contributed by atoms with van der Waals surface area (Å²) in [4.78, 5) is 24.0. The smallest absolute Gasteiger partial charge is 0.226 e. The molecule has 1 aromatic carbocycles. The minimum absolute atomic E-state index is 0.139. The summed E-state index contributed by atoms with van der Waals surface area (Å²) in [6.07, 6.45) is 3.72. The van der Waals surface area contributed by atoms with Crippen LogP contribution in [-0.2, 0) is 4.79 Å². The number of thiocarbonyl (C=S) groups is 1. The van der Waals surface area contributed by atoms with Crippen LogP contribution in [0.25, 0.3) is 5.82 Å². The summed E-state index contributed by atoms with van der Waals surface area (Å²) in [5.74, 6) is 0.0989. The van der Waals surface area contributed by atoms with Crippen LogP contribution in [0.2, 0.25) is 0 Å². The predicted octanol–water partition coefficient (Wildman–Crippen LogP) is 5.33. The van der Waals surface area contributed by atoms with Crippen molar-refractivity contribution in [2.24, 2.45) is 0 Å². The lowest BCUT2D eigenvalue weighted by atomic mass is 9.96. The molecule has 2 atom stereocenters. The second-order valence-corrected chi connectivity index (χ2v) is 9.84. The molecule has 0 unspecified atom stereocenters. The van der Waals surface area contributed by atoms with Crippen LogP contribution >= 0.6 is 12.2 Å². The third-order valence-electron chi connectivity index (χ3n) is 6.84. The number of hydrogen-bond acceptors (Lipinski definition) is 4. The van der Waals surface area contributed by atoms with Gasteiger partial charge in [0.25, 0.3) is 0 Å². The maximum absolute atomic E-state index is 14.1. The minimum atomic E-state index is -0.468. The summed E-state index contributed by atoms with van der Waals surface area (Å²) in [5, 5.41) is 6.65. The number of pyridine rings is 2. The molecule has 1 aliphatic heterocycles. The molecule has 0 bridgehead atoms. The van der Waals surface area contributed by atoms with Crippen molar-refractivity contribution in [3.05, 3.63) is 107 Å². The molecule has 4 aromatic rings. The molecule has 3 aromatic heterocycles. The van der Waals surface area contributed by atoms with E-state index in [0.29, 0.717) is 11.7 Å². The van der Waals surface area contributed by atoms with Crippen LogP contribution in [0, 0.1) is 26.6 Å². The zero-order valence-corrected chi connectivity index (χ0v) is 22.3. The third-order valence-corrected chi connectivity index (χ3v) is 7.20. The summed E-state index contributed by atoms with van der Waals surface area (Å²) in [6.45, 7) is 6.53. The molecule has 2 N–H and O–H groups in total. The number of aromatic nitrogens is 3. The van der Waals surface area contributed by atoms with Crippen LogP contribution in [0.3, 0.4) is 0 Å². The number of nitrogens with one attached hydrogen (secondary N) is 2. The lowest BCUT2D eigenvalue weighted by Crippen LogP contribution is -2.33. The number of amides is 1. The van der Waals surface area contributed by atoms with E-state index in [4.69, 9.17) is 12.2 Å². The van der Waals surface area contributed by atoms with Crippen molar-refractivity contribution in [3.63, 3.8) is 0 Å². The molecule has 0 spiro atoms. The number of nitrogens with zero attached hydrogens (tertiary/aromatic N) is 4. The average molecular weight is 529 g/mol. The third kappa shape index (κ3) is 5.02. The Kier molecular flexibility index (Phi) is 7.20. The van der Waals surface area contributed by atoms with Gasteiger partial charge in [-0.3, -0.25) is 9.78 Å². The summed E-state index contributed by atoms with van der Waals surface area (Å²) >= 11 is 5.77. The Morgan fingerprint density at radius 2 is 1.84 bits per heavy atom. The van der Waals surface area contributed by atoms with Gasteiger partial charge in [-0.25, -0.2) is 9.37 Å². The summed E-state index contributed by atoms with van der Waals surface area (Å²) < 4.78 is 16.2. The maximum atomic E-state index is 14.1. The average Bonchev–Trinajstić information content (AvgIpc) is 3.39. The molecule has 0 aliphatic carbocycles. The highest BCUT2D eigenvalue weighted by atomic mass is 32.1. The fraction of sp³-hybridized carbons (Fsp3) is 0.241. The van der Waals surface area contributed by atoms with Gasteiger partial charge in [0.1, 0.15) is 11.6 Å². The van der Waals surface area contributed by atoms with Crippen molar-refractivity contribution in [1.29, 1.82) is 0 Å². The first-order valence-electron chi connectivity index (χ1n) is 12.5. The Labute approximate surface area is 226 Å². The molecular formula is C29H29FN6OS. The fourth-order valence-electron chi connectivity index (χ4n) is 5.06. The van der Waals surface area contributed by atoms with Crippen molar-refractivity contribution >= 4 is 28.9 Å².